The summed E-state index contributed by atoms with van der Waals surface area (Å²) in [6, 6.07) is 21.4. The van der Waals surface area contributed by atoms with Gasteiger partial charge in [0.1, 0.15) is 5.82 Å². The molecular weight excluding hydrogens is 537 g/mol. The number of aliphatic carboxylic acids is 1. The number of rotatable bonds is 6. The quantitative estimate of drug-likeness (QED) is 0.286. The van der Waals surface area contributed by atoms with Crippen molar-refractivity contribution in [2.45, 2.75) is 32.2 Å². The molecule has 0 radical (unpaired) electrons. The summed E-state index contributed by atoms with van der Waals surface area (Å²) in [5.41, 5.74) is 5.78. The van der Waals surface area contributed by atoms with E-state index in [2.05, 4.69) is 15.9 Å². The van der Waals surface area contributed by atoms with Crippen LogP contribution in [0.3, 0.4) is 0 Å². The van der Waals surface area contributed by atoms with Gasteiger partial charge in [-0.2, -0.15) is 5.10 Å². The number of hydrogen-bond acceptors (Lipinski definition) is 4. The van der Waals surface area contributed by atoms with Crippen LogP contribution < -0.4 is 0 Å². The highest BCUT2D eigenvalue weighted by Crippen LogP contribution is 2.40. The highest BCUT2D eigenvalue weighted by Gasteiger charge is 2.35. The molecule has 0 fully saturated rings. The van der Waals surface area contributed by atoms with Crippen LogP contribution in [-0.4, -0.2) is 32.7 Å². The average molecular weight is 560 g/mol. The number of nitrogens with zero attached hydrogens (tertiary/aromatic N) is 3. The molecule has 6 nitrogen and oxygen atoms in total. The van der Waals surface area contributed by atoms with Crippen LogP contribution in [-0.2, 0) is 9.59 Å². The Morgan fingerprint density at radius 3 is 2.46 bits per heavy atom. The number of pyridine rings is 1. The fraction of sp³-hybridized carbons (Fsp3) is 0.172. The monoisotopic (exact) mass is 559 g/mol. The van der Waals surface area contributed by atoms with Crippen molar-refractivity contribution in [3.63, 3.8) is 0 Å². The summed E-state index contributed by atoms with van der Waals surface area (Å²) in [4.78, 5) is 29.1. The first-order chi connectivity index (χ1) is 17.8. The van der Waals surface area contributed by atoms with E-state index in [4.69, 9.17) is 15.2 Å². The van der Waals surface area contributed by atoms with Crippen molar-refractivity contribution in [3.8, 4) is 11.1 Å². The molecule has 4 aromatic rings. The lowest BCUT2D eigenvalue weighted by Crippen LogP contribution is -2.27. The molecule has 186 valence electrons. The molecule has 0 saturated carbocycles. The molecule has 37 heavy (non-hydrogen) atoms. The van der Waals surface area contributed by atoms with E-state index in [0.717, 1.165) is 43.3 Å². The molecule has 2 heterocycles. The van der Waals surface area contributed by atoms with Crippen molar-refractivity contribution in [2.24, 2.45) is 5.10 Å². The van der Waals surface area contributed by atoms with E-state index >= 15 is 0 Å². The number of halogens is 2. The van der Waals surface area contributed by atoms with Crippen LogP contribution in [0.25, 0.3) is 22.0 Å². The van der Waals surface area contributed by atoms with Gasteiger partial charge in [0.05, 0.1) is 23.7 Å². The Balaban J connectivity index is 1.69. The Hall–Kier alpha value is -3.91. The number of carbonyl (C=O) groups is 2. The van der Waals surface area contributed by atoms with Gasteiger partial charge >= 0.3 is 5.97 Å². The lowest BCUT2D eigenvalue weighted by atomic mass is 9.89. The fourth-order valence-electron chi connectivity index (χ4n) is 4.78. The molecule has 1 amide bonds. The normalized spacial score (nSPS) is 15.2. The van der Waals surface area contributed by atoms with Gasteiger partial charge in [-0.05, 0) is 48.4 Å². The van der Waals surface area contributed by atoms with Crippen LogP contribution in [0.15, 0.2) is 82.4 Å². The number of fused-ring (bicyclic) bond motifs is 1. The number of amides is 1. The largest absolute Gasteiger partial charge is 0.481 e. The molecule has 0 saturated heterocycles. The van der Waals surface area contributed by atoms with Gasteiger partial charge in [-0.1, -0.05) is 58.4 Å². The molecular formula is C29H23BrFN3O3. The smallest absolute Gasteiger partial charge is 0.303 e. The summed E-state index contributed by atoms with van der Waals surface area (Å²) >= 11 is 3.58. The van der Waals surface area contributed by atoms with Crippen LogP contribution in [0.1, 0.15) is 42.1 Å². The van der Waals surface area contributed by atoms with E-state index in [-0.39, 0.29) is 18.7 Å². The van der Waals surface area contributed by atoms with Gasteiger partial charge in [0.25, 0.3) is 0 Å². The Labute approximate surface area is 221 Å². The van der Waals surface area contributed by atoms with Gasteiger partial charge in [0, 0.05) is 39.5 Å². The third-order valence-corrected chi connectivity index (χ3v) is 6.95. The zero-order valence-corrected chi connectivity index (χ0v) is 21.6. The van der Waals surface area contributed by atoms with Gasteiger partial charge in [-0.25, -0.2) is 9.40 Å². The number of hydrazone groups is 1. The minimum absolute atomic E-state index is 0.183. The number of carbonyl (C=O) groups excluding carboxylic acids is 1. The lowest BCUT2D eigenvalue weighted by Gasteiger charge is -2.22. The van der Waals surface area contributed by atoms with Crippen molar-refractivity contribution in [2.75, 3.05) is 0 Å². The summed E-state index contributed by atoms with van der Waals surface area (Å²) in [5, 5.41) is 16.2. The number of hydrogen-bond donors (Lipinski definition) is 1. The van der Waals surface area contributed by atoms with Crippen LogP contribution in [0.2, 0.25) is 0 Å². The van der Waals surface area contributed by atoms with Gasteiger partial charge in [-0.3, -0.25) is 14.6 Å². The number of aromatic nitrogens is 1. The maximum absolute atomic E-state index is 13.7. The number of carboxylic acid groups (broad SMARTS) is 1. The molecule has 1 N–H and O–H groups in total. The SMILES string of the molecule is Cc1nc2ccc(Br)cc2c(-c2ccccc2)c1C1=NN(C(=O)CCC(=O)O)C(c2ccc(F)cc2)C1. The van der Waals surface area contributed by atoms with Crippen molar-refractivity contribution < 1.29 is 19.1 Å². The van der Waals surface area contributed by atoms with Crippen LogP contribution in [0.5, 0.6) is 0 Å². The minimum Gasteiger partial charge on any atom is -0.481 e. The molecule has 0 bridgehead atoms. The number of benzene rings is 3. The Kier molecular flexibility index (Phi) is 6.84. The molecule has 3 aromatic carbocycles. The molecule has 0 aliphatic carbocycles. The zero-order valence-electron chi connectivity index (χ0n) is 20.0. The van der Waals surface area contributed by atoms with Crippen molar-refractivity contribution >= 4 is 44.4 Å². The van der Waals surface area contributed by atoms with E-state index in [1.807, 2.05) is 55.5 Å². The Bertz CT molecular complexity index is 1540. The van der Waals surface area contributed by atoms with E-state index in [1.165, 1.54) is 17.1 Å². The maximum Gasteiger partial charge on any atom is 0.303 e. The van der Waals surface area contributed by atoms with Crippen molar-refractivity contribution in [3.05, 3.63) is 99.9 Å². The third-order valence-electron chi connectivity index (χ3n) is 6.45. The van der Waals surface area contributed by atoms with Gasteiger partial charge < -0.3 is 5.11 Å². The van der Waals surface area contributed by atoms with E-state index in [0.29, 0.717) is 12.1 Å². The van der Waals surface area contributed by atoms with Crippen LogP contribution >= 0.6 is 15.9 Å². The first kappa shape index (κ1) is 24.8. The maximum atomic E-state index is 13.7. The molecule has 0 spiro atoms. The predicted molar refractivity (Wildman–Crippen MR) is 144 cm³/mol. The predicted octanol–water partition coefficient (Wildman–Crippen LogP) is 6.65. The van der Waals surface area contributed by atoms with Gasteiger partial charge in [-0.15, -0.1) is 0 Å². The summed E-state index contributed by atoms with van der Waals surface area (Å²) in [5.74, 6) is -1.83. The standard InChI is InChI=1S/C29H23BrFN3O3/c1-17-28(29(19-5-3-2-4-6-19)22-15-20(30)9-12-23(22)32-17)24-16-25(18-7-10-21(31)11-8-18)34(33-24)26(35)13-14-27(36)37/h2-12,15,25H,13-14,16H2,1H3,(H,36,37). The molecule has 1 aromatic heterocycles. The second-order valence-electron chi connectivity index (χ2n) is 8.92. The highest BCUT2D eigenvalue weighted by molar-refractivity contribution is 9.10. The second-order valence-corrected chi connectivity index (χ2v) is 9.84. The average Bonchev–Trinajstić information content (AvgIpc) is 3.32. The summed E-state index contributed by atoms with van der Waals surface area (Å²) < 4.78 is 14.6. The van der Waals surface area contributed by atoms with Crippen LogP contribution in [0, 0.1) is 12.7 Å². The third kappa shape index (κ3) is 5.02. The zero-order chi connectivity index (χ0) is 26.1. The first-order valence-corrected chi connectivity index (χ1v) is 12.6. The molecule has 5 rings (SSSR count). The summed E-state index contributed by atoms with van der Waals surface area (Å²) in [6.07, 6.45) is -0.0975. The Morgan fingerprint density at radius 1 is 1.03 bits per heavy atom. The van der Waals surface area contributed by atoms with Crippen molar-refractivity contribution in [1.82, 2.24) is 9.99 Å². The van der Waals surface area contributed by atoms with Gasteiger partial charge in [0.15, 0.2) is 0 Å². The molecule has 1 unspecified atom stereocenters. The Morgan fingerprint density at radius 2 is 1.76 bits per heavy atom. The topological polar surface area (TPSA) is 82.9 Å². The number of carboxylic acids is 1. The minimum atomic E-state index is -1.05. The molecule has 1 aliphatic heterocycles. The molecule has 8 heteroatoms. The lowest BCUT2D eigenvalue weighted by molar-refractivity contribution is -0.141. The van der Waals surface area contributed by atoms with E-state index in [1.54, 1.807) is 12.1 Å². The fourth-order valence-corrected chi connectivity index (χ4v) is 5.14. The summed E-state index contributed by atoms with van der Waals surface area (Å²) in [6.45, 7) is 1.92. The second kappa shape index (κ2) is 10.2. The van der Waals surface area contributed by atoms with Crippen LogP contribution in [0.4, 0.5) is 4.39 Å². The molecule has 1 aliphatic rings. The summed E-state index contributed by atoms with van der Waals surface area (Å²) in [7, 11) is 0. The van der Waals surface area contributed by atoms with E-state index in [9.17, 15) is 14.0 Å². The number of aryl methyl sites for hydroxylation is 1. The molecule has 1 atom stereocenters. The highest BCUT2D eigenvalue weighted by atomic mass is 79.9. The van der Waals surface area contributed by atoms with Gasteiger partial charge in [0.2, 0.25) is 5.91 Å². The van der Waals surface area contributed by atoms with E-state index < -0.39 is 17.9 Å². The first-order valence-electron chi connectivity index (χ1n) is 11.8. The van der Waals surface area contributed by atoms with Crippen molar-refractivity contribution in [1.29, 1.82) is 0 Å².